The molecule has 108 valence electrons. The molecule has 4 nitrogen and oxygen atoms in total. The smallest absolute Gasteiger partial charge is 0.147 e. The van der Waals surface area contributed by atoms with Crippen LogP contribution < -0.4 is 10.6 Å². The molecule has 0 radical (unpaired) electrons. The molecule has 0 aliphatic rings. The summed E-state index contributed by atoms with van der Waals surface area (Å²) in [4.78, 5) is 2.20. The molecule has 0 unspecified atom stereocenters. The van der Waals surface area contributed by atoms with Gasteiger partial charge in [0, 0.05) is 20.2 Å². The normalized spacial score (nSPS) is 10.7. The molecule has 0 saturated heterocycles. The third kappa shape index (κ3) is 3.49. The molecule has 3 N–H and O–H groups in total. The zero-order valence-corrected chi connectivity index (χ0v) is 12.6. The zero-order chi connectivity index (χ0) is 14.4. The van der Waals surface area contributed by atoms with E-state index in [-0.39, 0.29) is 6.61 Å². The number of nitrogens with two attached hydrogens (primary N) is 1. The van der Waals surface area contributed by atoms with Crippen molar-refractivity contribution in [1.29, 1.82) is 0 Å². The maximum atomic E-state index is 8.81. The molecule has 0 bridgehead atoms. The van der Waals surface area contributed by atoms with Crippen LogP contribution in [0.5, 0.6) is 0 Å². The molecule has 0 spiro atoms. The minimum Gasteiger partial charge on any atom is -0.396 e. The van der Waals surface area contributed by atoms with E-state index in [0.29, 0.717) is 5.82 Å². The molecule has 1 heterocycles. The quantitative estimate of drug-likeness (QED) is 0.770. The number of hydrogen-bond donors (Lipinski definition) is 2. The fourth-order valence-electron chi connectivity index (χ4n) is 2.17. The topological polar surface area (TPSA) is 62.4 Å². The molecular weight excluding hydrogens is 270 g/mol. The van der Waals surface area contributed by atoms with E-state index in [1.54, 1.807) is 0 Å². The third-order valence-electron chi connectivity index (χ3n) is 3.26. The average Bonchev–Trinajstić information content (AvgIpc) is 2.86. The van der Waals surface area contributed by atoms with Gasteiger partial charge in [-0.1, -0.05) is 30.3 Å². The molecule has 2 rings (SSSR count). The number of unbranched alkanes of at least 4 members (excludes halogenated alkanes) is 2. The van der Waals surface area contributed by atoms with E-state index in [9.17, 15) is 0 Å². The first-order chi connectivity index (χ1) is 9.74. The first-order valence-corrected chi connectivity index (χ1v) is 7.64. The number of aromatic nitrogens is 1. The minimum absolute atomic E-state index is 0.270. The summed E-state index contributed by atoms with van der Waals surface area (Å²) in [6.45, 7) is 1.22. The Labute approximate surface area is 124 Å². The molecule has 1 aromatic carbocycles. The Morgan fingerprint density at radius 2 is 1.95 bits per heavy atom. The Kier molecular flexibility index (Phi) is 5.38. The lowest BCUT2D eigenvalue weighted by Gasteiger charge is -2.18. The van der Waals surface area contributed by atoms with Crippen LogP contribution in [0.15, 0.2) is 30.3 Å². The third-order valence-corrected chi connectivity index (χ3v) is 4.24. The maximum absolute atomic E-state index is 8.81. The Morgan fingerprint density at radius 3 is 2.65 bits per heavy atom. The van der Waals surface area contributed by atoms with Gasteiger partial charge in [-0.3, -0.25) is 0 Å². The molecule has 1 aromatic heterocycles. The van der Waals surface area contributed by atoms with Gasteiger partial charge < -0.3 is 15.7 Å². The van der Waals surface area contributed by atoms with Crippen LogP contribution in [0.2, 0.25) is 0 Å². The SMILES string of the molecule is CN(CCCCCO)c1snc(N)c1-c1ccccc1. The maximum Gasteiger partial charge on any atom is 0.147 e. The summed E-state index contributed by atoms with van der Waals surface area (Å²) in [5.74, 6) is 0.596. The highest BCUT2D eigenvalue weighted by Gasteiger charge is 2.16. The van der Waals surface area contributed by atoms with Crippen molar-refractivity contribution in [1.82, 2.24) is 4.37 Å². The summed E-state index contributed by atoms with van der Waals surface area (Å²) >= 11 is 1.44. The molecule has 0 amide bonds. The fraction of sp³-hybridized carbons (Fsp3) is 0.400. The number of hydrogen-bond acceptors (Lipinski definition) is 5. The Balaban J connectivity index is 2.13. The molecule has 0 aliphatic carbocycles. The minimum atomic E-state index is 0.270. The highest BCUT2D eigenvalue weighted by atomic mass is 32.1. The lowest BCUT2D eigenvalue weighted by molar-refractivity contribution is 0.283. The average molecular weight is 291 g/mol. The predicted octanol–water partition coefficient (Wildman–Crippen LogP) is 2.99. The largest absolute Gasteiger partial charge is 0.396 e. The molecule has 0 aliphatic heterocycles. The van der Waals surface area contributed by atoms with Crippen molar-refractivity contribution < 1.29 is 5.11 Å². The fourth-order valence-corrected chi connectivity index (χ4v) is 2.99. The van der Waals surface area contributed by atoms with Crippen molar-refractivity contribution in [3.63, 3.8) is 0 Å². The standard InChI is InChI=1S/C15H21N3OS/c1-18(10-6-3-7-11-19)15-13(14(16)17-20-15)12-8-4-2-5-9-12/h2,4-5,8-9,19H,3,6-7,10-11H2,1H3,(H2,16,17). The monoisotopic (exact) mass is 291 g/mol. The van der Waals surface area contributed by atoms with E-state index in [4.69, 9.17) is 10.8 Å². The summed E-state index contributed by atoms with van der Waals surface area (Å²) in [6, 6.07) is 10.1. The van der Waals surface area contributed by atoms with E-state index < -0.39 is 0 Å². The lowest BCUT2D eigenvalue weighted by atomic mass is 10.1. The van der Waals surface area contributed by atoms with Crippen molar-refractivity contribution in [3.05, 3.63) is 30.3 Å². The zero-order valence-electron chi connectivity index (χ0n) is 11.7. The van der Waals surface area contributed by atoms with E-state index in [1.807, 2.05) is 18.2 Å². The van der Waals surface area contributed by atoms with Gasteiger partial charge in [0.05, 0.1) is 5.56 Å². The lowest BCUT2D eigenvalue weighted by Crippen LogP contribution is -2.18. The summed E-state index contributed by atoms with van der Waals surface area (Å²) < 4.78 is 4.30. The van der Waals surface area contributed by atoms with Crippen LogP contribution >= 0.6 is 11.5 Å². The first kappa shape index (κ1) is 14.8. The number of rotatable bonds is 7. The molecular formula is C15H21N3OS. The van der Waals surface area contributed by atoms with E-state index >= 15 is 0 Å². The number of aliphatic hydroxyl groups excluding tert-OH is 1. The van der Waals surface area contributed by atoms with Crippen LogP contribution in [-0.2, 0) is 0 Å². The molecule has 2 aromatic rings. The summed E-state index contributed by atoms with van der Waals surface area (Å²) in [5, 5.41) is 9.92. The van der Waals surface area contributed by atoms with Crippen LogP contribution in [0.1, 0.15) is 19.3 Å². The van der Waals surface area contributed by atoms with Crippen molar-refractivity contribution in [3.8, 4) is 11.1 Å². The molecule has 0 fully saturated rings. The Bertz CT molecular complexity index is 527. The summed E-state index contributed by atoms with van der Waals surface area (Å²) in [6.07, 6.45) is 2.96. The molecule has 0 atom stereocenters. The van der Waals surface area contributed by atoms with Gasteiger partial charge in [0.2, 0.25) is 0 Å². The highest BCUT2D eigenvalue weighted by molar-refractivity contribution is 7.11. The van der Waals surface area contributed by atoms with Crippen LogP contribution in [0, 0.1) is 0 Å². The number of aliphatic hydroxyl groups is 1. The first-order valence-electron chi connectivity index (χ1n) is 6.86. The number of anilines is 2. The number of nitrogens with zero attached hydrogens (tertiary/aromatic N) is 2. The van der Waals surface area contributed by atoms with E-state index in [0.717, 1.165) is 41.9 Å². The highest BCUT2D eigenvalue weighted by Crippen LogP contribution is 2.38. The van der Waals surface area contributed by atoms with E-state index in [1.165, 1.54) is 11.5 Å². The molecule has 5 heteroatoms. The molecule has 0 saturated carbocycles. The second-order valence-electron chi connectivity index (χ2n) is 4.82. The van der Waals surface area contributed by atoms with Crippen LogP contribution in [0.3, 0.4) is 0 Å². The van der Waals surface area contributed by atoms with Gasteiger partial charge >= 0.3 is 0 Å². The van der Waals surface area contributed by atoms with Gasteiger partial charge in [-0.25, -0.2) is 0 Å². The molecule has 20 heavy (non-hydrogen) atoms. The number of nitrogen functional groups attached to an aromatic ring is 1. The van der Waals surface area contributed by atoms with Crippen molar-refractivity contribution >= 4 is 22.4 Å². The van der Waals surface area contributed by atoms with Crippen LogP contribution in [-0.4, -0.2) is 29.7 Å². The van der Waals surface area contributed by atoms with Crippen molar-refractivity contribution in [2.75, 3.05) is 30.8 Å². The van der Waals surface area contributed by atoms with Gasteiger partial charge in [0.1, 0.15) is 10.8 Å². The van der Waals surface area contributed by atoms with E-state index in [2.05, 4.69) is 28.5 Å². The predicted molar refractivity (Wildman–Crippen MR) is 86.2 cm³/mol. The van der Waals surface area contributed by atoms with Crippen LogP contribution in [0.25, 0.3) is 11.1 Å². The van der Waals surface area contributed by atoms with Crippen molar-refractivity contribution in [2.24, 2.45) is 0 Å². The Morgan fingerprint density at radius 1 is 1.20 bits per heavy atom. The van der Waals surface area contributed by atoms with Gasteiger partial charge in [-0.2, -0.15) is 4.37 Å². The second-order valence-corrected chi connectivity index (χ2v) is 5.57. The van der Waals surface area contributed by atoms with Crippen LogP contribution in [0.4, 0.5) is 10.8 Å². The van der Waals surface area contributed by atoms with Gasteiger partial charge in [0.25, 0.3) is 0 Å². The van der Waals surface area contributed by atoms with Gasteiger partial charge in [-0.05, 0) is 36.4 Å². The van der Waals surface area contributed by atoms with Gasteiger partial charge in [0.15, 0.2) is 0 Å². The Hall–Kier alpha value is -1.59. The second kappa shape index (κ2) is 7.26. The van der Waals surface area contributed by atoms with Gasteiger partial charge in [-0.15, -0.1) is 0 Å². The summed E-state index contributed by atoms with van der Waals surface area (Å²) in [7, 11) is 2.07. The number of benzene rings is 1. The van der Waals surface area contributed by atoms with Crippen molar-refractivity contribution in [2.45, 2.75) is 19.3 Å². The summed E-state index contributed by atoms with van der Waals surface area (Å²) in [5.41, 5.74) is 8.16.